The maximum absolute atomic E-state index is 14.5. The topological polar surface area (TPSA) is 25.8 Å². The fraction of sp³-hybridized carbons (Fsp3) is 0.214. The maximum Gasteiger partial charge on any atom is 0.147 e. The standard InChI is InChI=1S/C14H15F2NSi.C11H7F2N.C3H9ClSi/c1-18(2,3)14-11(15)8-7-10(13(14)16)12-6-4-5-9-17-12;12-8-4-5-9(10(13)7-8)11-3-1-2-6-14-11;1-5(2,3)4/h4-9H,1-3H3;1-7H;1-3H3. The number of benzene rings is 2. The molecule has 2 aromatic carbocycles. The van der Waals surface area contributed by atoms with E-state index in [1.807, 2.05) is 19.6 Å². The second kappa shape index (κ2) is 13.1. The Balaban J connectivity index is 0.000000225. The molecule has 2 heterocycles. The van der Waals surface area contributed by atoms with Crippen molar-refractivity contribution >= 4 is 31.7 Å². The summed E-state index contributed by atoms with van der Waals surface area (Å²) >= 11 is 5.67. The second-order valence-corrected chi connectivity index (χ2v) is 22.7. The zero-order valence-electron chi connectivity index (χ0n) is 21.8. The minimum absolute atomic E-state index is 0.241. The van der Waals surface area contributed by atoms with E-state index in [1.165, 1.54) is 24.3 Å². The number of nitrogens with zero attached hydrogens (tertiary/aromatic N) is 2. The molecule has 0 N–H and O–H groups in total. The van der Waals surface area contributed by atoms with E-state index in [-0.39, 0.29) is 5.19 Å². The first-order valence-electron chi connectivity index (χ1n) is 11.6. The van der Waals surface area contributed by atoms with Crippen molar-refractivity contribution in [1.82, 2.24) is 9.97 Å². The molecule has 0 amide bonds. The van der Waals surface area contributed by atoms with E-state index in [4.69, 9.17) is 11.1 Å². The largest absolute Gasteiger partial charge is 0.256 e. The lowest BCUT2D eigenvalue weighted by Crippen LogP contribution is -2.42. The summed E-state index contributed by atoms with van der Waals surface area (Å²) in [5, 5.41) is 0.241. The fourth-order valence-electron chi connectivity index (χ4n) is 3.18. The van der Waals surface area contributed by atoms with Crippen LogP contribution in [0.25, 0.3) is 22.5 Å². The van der Waals surface area contributed by atoms with Crippen molar-refractivity contribution in [2.24, 2.45) is 0 Å². The number of hydrogen-bond donors (Lipinski definition) is 0. The first-order chi connectivity index (χ1) is 17.2. The van der Waals surface area contributed by atoms with E-state index >= 15 is 0 Å². The van der Waals surface area contributed by atoms with Gasteiger partial charge in [-0.2, -0.15) is 11.1 Å². The van der Waals surface area contributed by atoms with Gasteiger partial charge in [0.25, 0.3) is 0 Å². The monoisotopic (exact) mass is 562 g/mol. The molecule has 2 nitrogen and oxygen atoms in total. The van der Waals surface area contributed by atoms with Crippen molar-refractivity contribution in [1.29, 1.82) is 0 Å². The van der Waals surface area contributed by atoms with Gasteiger partial charge in [-0.15, -0.1) is 0 Å². The molecule has 9 heteroatoms. The van der Waals surface area contributed by atoms with Gasteiger partial charge in [-0.05, 0) is 48.5 Å². The highest BCUT2D eigenvalue weighted by atomic mass is 35.6. The molecule has 0 aliphatic rings. The van der Waals surface area contributed by atoms with Gasteiger partial charge >= 0.3 is 0 Å². The minimum Gasteiger partial charge on any atom is -0.256 e. The highest BCUT2D eigenvalue weighted by Crippen LogP contribution is 2.23. The molecule has 4 rings (SSSR count). The molecule has 0 atom stereocenters. The van der Waals surface area contributed by atoms with Crippen LogP contribution < -0.4 is 5.19 Å². The lowest BCUT2D eigenvalue weighted by Gasteiger charge is -2.19. The molecule has 0 spiro atoms. The van der Waals surface area contributed by atoms with Crippen LogP contribution in [-0.4, -0.2) is 25.4 Å². The first kappa shape index (κ1) is 30.4. The number of pyridine rings is 2. The highest BCUT2D eigenvalue weighted by molar-refractivity contribution is 7.18. The lowest BCUT2D eigenvalue weighted by atomic mass is 10.1. The lowest BCUT2D eigenvalue weighted by molar-refractivity contribution is 0.585. The minimum atomic E-state index is -2.06. The molecule has 0 aliphatic carbocycles. The van der Waals surface area contributed by atoms with Gasteiger partial charge in [0.1, 0.15) is 30.7 Å². The van der Waals surface area contributed by atoms with E-state index in [9.17, 15) is 17.6 Å². The van der Waals surface area contributed by atoms with Gasteiger partial charge in [-0.1, -0.05) is 51.4 Å². The summed E-state index contributed by atoms with van der Waals surface area (Å²) in [6.45, 7) is 12.1. The molecule has 0 fully saturated rings. The molecule has 0 bridgehead atoms. The molecular weight excluding hydrogens is 532 g/mol. The number of aromatic nitrogens is 2. The van der Waals surface area contributed by atoms with Gasteiger partial charge in [-0.3, -0.25) is 9.97 Å². The average molecular weight is 563 g/mol. The van der Waals surface area contributed by atoms with E-state index in [0.717, 1.165) is 6.07 Å². The van der Waals surface area contributed by atoms with Crippen LogP contribution in [0.1, 0.15) is 0 Å². The molecule has 0 radical (unpaired) electrons. The van der Waals surface area contributed by atoms with Gasteiger partial charge in [0.05, 0.1) is 19.5 Å². The third-order valence-electron chi connectivity index (χ3n) is 4.65. The number of hydrogen-bond acceptors (Lipinski definition) is 2. The van der Waals surface area contributed by atoms with Crippen molar-refractivity contribution in [2.45, 2.75) is 39.3 Å². The molecule has 4 aromatic rings. The summed E-state index contributed by atoms with van der Waals surface area (Å²) in [4.78, 5) is 8.09. The quantitative estimate of drug-likeness (QED) is 0.142. The molecule has 0 unspecified atom stereocenters. The highest BCUT2D eigenvalue weighted by Gasteiger charge is 2.27. The Morgan fingerprint density at radius 2 is 1.11 bits per heavy atom. The number of halogens is 5. The van der Waals surface area contributed by atoms with Gasteiger partial charge in [-0.25, -0.2) is 17.6 Å². The van der Waals surface area contributed by atoms with Crippen LogP contribution in [0.4, 0.5) is 17.6 Å². The van der Waals surface area contributed by atoms with E-state index in [2.05, 4.69) is 29.6 Å². The van der Waals surface area contributed by atoms with Crippen LogP contribution in [0, 0.1) is 23.3 Å². The summed E-state index contributed by atoms with van der Waals surface area (Å²) in [6, 6.07) is 16.7. The predicted molar refractivity (Wildman–Crippen MR) is 151 cm³/mol. The van der Waals surface area contributed by atoms with E-state index in [0.29, 0.717) is 22.5 Å². The van der Waals surface area contributed by atoms with E-state index in [1.54, 1.807) is 48.8 Å². The van der Waals surface area contributed by atoms with Crippen LogP contribution in [0.5, 0.6) is 0 Å². The second-order valence-electron chi connectivity index (χ2n) is 10.2. The van der Waals surface area contributed by atoms with Gasteiger partial charge < -0.3 is 0 Å². The Bertz CT molecular complexity index is 1290. The van der Waals surface area contributed by atoms with Crippen LogP contribution in [0.15, 0.2) is 79.1 Å². The summed E-state index contributed by atoms with van der Waals surface area (Å²) < 4.78 is 54.1. The van der Waals surface area contributed by atoms with Crippen molar-refractivity contribution in [3.8, 4) is 22.5 Å². The Morgan fingerprint density at radius 1 is 0.622 bits per heavy atom. The summed E-state index contributed by atoms with van der Waals surface area (Å²) in [7, 11) is -3.20. The Morgan fingerprint density at radius 3 is 1.54 bits per heavy atom. The molecule has 0 saturated carbocycles. The Kier molecular flexibility index (Phi) is 10.8. The Hall–Kier alpha value is -2.82. The molecule has 2 aromatic heterocycles. The summed E-state index contributed by atoms with van der Waals surface area (Å²) in [5.74, 6) is -2.09. The molecule has 196 valence electrons. The van der Waals surface area contributed by atoms with E-state index < -0.39 is 38.7 Å². The van der Waals surface area contributed by atoms with Crippen molar-refractivity contribution in [2.75, 3.05) is 0 Å². The van der Waals surface area contributed by atoms with Crippen LogP contribution in [-0.2, 0) is 0 Å². The first-order valence-corrected chi connectivity index (χ1v) is 19.6. The Labute approximate surface area is 223 Å². The smallest absolute Gasteiger partial charge is 0.147 e. The van der Waals surface area contributed by atoms with Gasteiger partial charge in [0.15, 0.2) is 0 Å². The molecule has 37 heavy (non-hydrogen) atoms. The molecule has 0 saturated heterocycles. The van der Waals surface area contributed by atoms with Crippen LogP contribution in [0.3, 0.4) is 0 Å². The normalized spacial score (nSPS) is 11.1. The molecular formula is C28H31ClF4N2Si2. The van der Waals surface area contributed by atoms with Crippen LogP contribution >= 0.6 is 11.1 Å². The van der Waals surface area contributed by atoms with Crippen molar-refractivity contribution < 1.29 is 17.6 Å². The zero-order chi connectivity index (χ0) is 27.8. The van der Waals surface area contributed by atoms with Crippen molar-refractivity contribution in [3.05, 3.63) is 102 Å². The average Bonchev–Trinajstić information content (AvgIpc) is 2.79. The SMILES string of the molecule is C[Si](C)(C)Cl.C[Si](C)(C)c1c(F)ccc(-c2ccccn2)c1F.Fc1ccc(-c2ccccn2)c(F)c1. The molecule has 0 aliphatic heterocycles. The summed E-state index contributed by atoms with van der Waals surface area (Å²) in [5.41, 5.74) is 1.72. The van der Waals surface area contributed by atoms with Gasteiger partial charge in [0.2, 0.25) is 0 Å². The van der Waals surface area contributed by atoms with Crippen LogP contribution in [0.2, 0.25) is 39.3 Å². The summed E-state index contributed by atoms with van der Waals surface area (Å²) in [6.07, 6.45) is 3.17. The predicted octanol–water partition coefficient (Wildman–Crippen LogP) is 8.66. The number of rotatable bonds is 3. The van der Waals surface area contributed by atoms with Gasteiger partial charge in [0, 0.05) is 34.8 Å². The zero-order valence-corrected chi connectivity index (χ0v) is 24.5. The maximum atomic E-state index is 14.5. The van der Waals surface area contributed by atoms with Crippen molar-refractivity contribution in [3.63, 3.8) is 0 Å². The third-order valence-corrected chi connectivity index (χ3v) is 6.61. The fourth-order valence-corrected chi connectivity index (χ4v) is 4.77. The third kappa shape index (κ3) is 9.87.